The number of hydrogen-bond donors (Lipinski definition) is 3. The highest BCUT2D eigenvalue weighted by Crippen LogP contribution is 2.18. The van der Waals surface area contributed by atoms with E-state index in [1.54, 1.807) is 24.3 Å². The molecule has 0 saturated carbocycles. The zero-order chi connectivity index (χ0) is 13.1. The summed E-state index contributed by atoms with van der Waals surface area (Å²) in [5.41, 5.74) is 7.76. The molecule has 6 heteroatoms. The molecule has 0 radical (unpaired) electrons. The number of rotatable bonds is 3. The highest BCUT2D eigenvalue weighted by atomic mass is 35.5. The van der Waals surface area contributed by atoms with Crippen LogP contribution < -0.4 is 11.1 Å². The number of aromatic amines is 1. The molecule has 2 rings (SSSR count). The summed E-state index contributed by atoms with van der Waals surface area (Å²) in [5.74, 6) is -0.356. The number of nitrogens with one attached hydrogen (secondary N) is 2. The minimum atomic E-state index is -0.356. The fourth-order valence-corrected chi connectivity index (χ4v) is 1.78. The second-order valence-electron chi connectivity index (χ2n) is 3.78. The van der Waals surface area contributed by atoms with E-state index in [9.17, 15) is 4.79 Å². The standard InChI is InChI=1S/C12H13ClN4O/c1-2-9-10(14)11(17-16-9)12(18)15-8-5-3-4-7(13)6-8/h3-6H,2,14H2,1H3,(H,15,18)(H,16,17). The predicted octanol–water partition coefficient (Wildman–Crippen LogP) is 2.46. The van der Waals surface area contributed by atoms with E-state index in [4.69, 9.17) is 17.3 Å². The second kappa shape index (κ2) is 5.10. The van der Waals surface area contributed by atoms with Crippen LogP contribution in [-0.4, -0.2) is 16.1 Å². The smallest absolute Gasteiger partial charge is 0.278 e. The molecular weight excluding hydrogens is 252 g/mol. The number of hydrogen-bond acceptors (Lipinski definition) is 3. The summed E-state index contributed by atoms with van der Waals surface area (Å²) in [4.78, 5) is 12.0. The molecule has 4 N–H and O–H groups in total. The van der Waals surface area contributed by atoms with Crippen molar-refractivity contribution in [1.82, 2.24) is 10.2 Å². The highest BCUT2D eigenvalue weighted by Gasteiger charge is 2.16. The van der Waals surface area contributed by atoms with Gasteiger partial charge in [-0.15, -0.1) is 0 Å². The summed E-state index contributed by atoms with van der Waals surface area (Å²) in [7, 11) is 0. The highest BCUT2D eigenvalue weighted by molar-refractivity contribution is 6.31. The first kappa shape index (κ1) is 12.4. The number of aryl methyl sites for hydroxylation is 1. The Kier molecular flexibility index (Phi) is 3.53. The van der Waals surface area contributed by atoms with E-state index >= 15 is 0 Å². The molecule has 94 valence electrons. The molecule has 0 unspecified atom stereocenters. The number of amides is 1. The molecule has 5 nitrogen and oxygen atoms in total. The molecule has 1 aromatic carbocycles. The summed E-state index contributed by atoms with van der Waals surface area (Å²) >= 11 is 5.83. The Morgan fingerprint density at radius 1 is 1.56 bits per heavy atom. The number of nitrogen functional groups attached to an aromatic ring is 1. The molecule has 0 bridgehead atoms. The summed E-state index contributed by atoms with van der Waals surface area (Å²) < 4.78 is 0. The number of nitrogens with two attached hydrogens (primary N) is 1. The van der Waals surface area contributed by atoms with Crippen LogP contribution in [0.4, 0.5) is 11.4 Å². The zero-order valence-electron chi connectivity index (χ0n) is 9.83. The summed E-state index contributed by atoms with van der Waals surface area (Å²) in [6, 6.07) is 6.88. The van der Waals surface area contributed by atoms with Crippen molar-refractivity contribution in [2.24, 2.45) is 0 Å². The van der Waals surface area contributed by atoms with Crippen LogP contribution in [0.5, 0.6) is 0 Å². The lowest BCUT2D eigenvalue weighted by Crippen LogP contribution is -2.14. The second-order valence-corrected chi connectivity index (χ2v) is 4.22. The van der Waals surface area contributed by atoms with Gasteiger partial charge in [0.05, 0.1) is 11.4 Å². The van der Waals surface area contributed by atoms with Crippen LogP contribution >= 0.6 is 11.6 Å². The van der Waals surface area contributed by atoms with Gasteiger partial charge in [0, 0.05) is 10.7 Å². The van der Waals surface area contributed by atoms with Gasteiger partial charge in [-0.05, 0) is 24.6 Å². The molecule has 0 fully saturated rings. The van der Waals surface area contributed by atoms with Crippen LogP contribution in [0.2, 0.25) is 5.02 Å². The van der Waals surface area contributed by atoms with E-state index in [-0.39, 0.29) is 11.6 Å². The van der Waals surface area contributed by atoms with Crippen molar-refractivity contribution in [2.75, 3.05) is 11.1 Å². The molecule has 2 aromatic rings. The first-order valence-corrected chi connectivity index (χ1v) is 5.89. The van der Waals surface area contributed by atoms with Crippen LogP contribution in [0.1, 0.15) is 23.1 Å². The third-order valence-corrected chi connectivity index (χ3v) is 2.77. The number of aromatic nitrogens is 2. The lowest BCUT2D eigenvalue weighted by molar-refractivity contribution is 0.102. The Balaban J connectivity index is 2.19. The van der Waals surface area contributed by atoms with E-state index in [1.807, 2.05) is 6.92 Å². The van der Waals surface area contributed by atoms with Gasteiger partial charge < -0.3 is 11.1 Å². The molecule has 1 heterocycles. The quantitative estimate of drug-likeness (QED) is 0.796. The SMILES string of the molecule is CCc1[nH]nc(C(=O)Nc2cccc(Cl)c2)c1N. The molecule has 0 atom stereocenters. The van der Waals surface area contributed by atoms with E-state index < -0.39 is 0 Å². The van der Waals surface area contributed by atoms with Gasteiger partial charge in [-0.3, -0.25) is 9.89 Å². The van der Waals surface area contributed by atoms with Crippen LogP contribution in [0.3, 0.4) is 0 Å². The van der Waals surface area contributed by atoms with Gasteiger partial charge in [-0.1, -0.05) is 24.6 Å². The van der Waals surface area contributed by atoms with Gasteiger partial charge in [-0.25, -0.2) is 0 Å². The number of anilines is 2. The van der Waals surface area contributed by atoms with Gasteiger partial charge in [-0.2, -0.15) is 5.10 Å². The maximum Gasteiger partial charge on any atom is 0.278 e. The van der Waals surface area contributed by atoms with Crippen molar-refractivity contribution in [3.63, 3.8) is 0 Å². The van der Waals surface area contributed by atoms with Crippen molar-refractivity contribution in [3.05, 3.63) is 40.7 Å². The molecule has 0 aliphatic carbocycles. The number of nitrogens with zero attached hydrogens (tertiary/aromatic N) is 1. The molecule has 0 spiro atoms. The van der Waals surface area contributed by atoms with Crippen molar-refractivity contribution >= 4 is 28.9 Å². The third kappa shape index (κ3) is 2.46. The number of carbonyl (C=O) groups excluding carboxylic acids is 1. The lowest BCUT2D eigenvalue weighted by Gasteiger charge is -2.04. The number of halogens is 1. The van der Waals surface area contributed by atoms with E-state index in [0.29, 0.717) is 22.8 Å². The molecule has 0 saturated heterocycles. The Morgan fingerprint density at radius 3 is 2.94 bits per heavy atom. The molecular formula is C12H13ClN4O. The molecule has 0 aliphatic rings. The fraction of sp³-hybridized carbons (Fsp3) is 0.167. The van der Waals surface area contributed by atoms with Crippen LogP contribution in [0.15, 0.2) is 24.3 Å². The van der Waals surface area contributed by atoms with Crippen molar-refractivity contribution in [3.8, 4) is 0 Å². The molecule has 0 aliphatic heterocycles. The molecule has 18 heavy (non-hydrogen) atoms. The number of H-pyrrole nitrogens is 1. The monoisotopic (exact) mass is 264 g/mol. The molecule has 1 amide bonds. The molecule has 1 aromatic heterocycles. The van der Waals surface area contributed by atoms with Gasteiger partial charge in [0.1, 0.15) is 0 Å². The van der Waals surface area contributed by atoms with Crippen molar-refractivity contribution in [2.45, 2.75) is 13.3 Å². The lowest BCUT2D eigenvalue weighted by atomic mass is 10.2. The summed E-state index contributed by atoms with van der Waals surface area (Å²) in [6.45, 7) is 1.93. The first-order chi connectivity index (χ1) is 8.61. The zero-order valence-corrected chi connectivity index (χ0v) is 10.6. The average molecular weight is 265 g/mol. The summed E-state index contributed by atoms with van der Waals surface area (Å²) in [5, 5.41) is 9.89. The Morgan fingerprint density at radius 2 is 2.33 bits per heavy atom. The summed E-state index contributed by atoms with van der Waals surface area (Å²) in [6.07, 6.45) is 0.698. The topological polar surface area (TPSA) is 83.8 Å². The van der Waals surface area contributed by atoms with E-state index in [2.05, 4.69) is 15.5 Å². The Hall–Kier alpha value is -2.01. The van der Waals surface area contributed by atoms with Gasteiger partial charge in [0.15, 0.2) is 5.69 Å². The number of benzene rings is 1. The largest absolute Gasteiger partial charge is 0.395 e. The maximum atomic E-state index is 12.0. The maximum absolute atomic E-state index is 12.0. The first-order valence-electron chi connectivity index (χ1n) is 5.51. The third-order valence-electron chi connectivity index (χ3n) is 2.53. The van der Waals surface area contributed by atoms with Crippen LogP contribution in [0, 0.1) is 0 Å². The average Bonchev–Trinajstić information content (AvgIpc) is 2.70. The van der Waals surface area contributed by atoms with Crippen molar-refractivity contribution in [1.29, 1.82) is 0 Å². The van der Waals surface area contributed by atoms with Gasteiger partial charge in [0.2, 0.25) is 0 Å². The fourth-order valence-electron chi connectivity index (χ4n) is 1.59. The normalized spacial score (nSPS) is 10.3. The van der Waals surface area contributed by atoms with Gasteiger partial charge >= 0.3 is 0 Å². The van der Waals surface area contributed by atoms with Crippen LogP contribution in [0.25, 0.3) is 0 Å². The minimum absolute atomic E-state index is 0.201. The number of carbonyl (C=O) groups is 1. The van der Waals surface area contributed by atoms with Crippen LogP contribution in [-0.2, 0) is 6.42 Å². The van der Waals surface area contributed by atoms with E-state index in [1.165, 1.54) is 0 Å². The minimum Gasteiger partial charge on any atom is -0.395 e. The predicted molar refractivity (Wildman–Crippen MR) is 71.8 cm³/mol. The Bertz CT molecular complexity index is 579. The van der Waals surface area contributed by atoms with Crippen molar-refractivity contribution < 1.29 is 4.79 Å². The van der Waals surface area contributed by atoms with E-state index in [0.717, 1.165) is 5.69 Å². The Labute approximate surface area is 109 Å². The van der Waals surface area contributed by atoms with Gasteiger partial charge in [0.25, 0.3) is 5.91 Å².